The van der Waals surface area contributed by atoms with Gasteiger partial charge < -0.3 is 24.1 Å². The Kier molecular flexibility index (Phi) is 4.21. The Morgan fingerprint density at radius 3 is 1.66 bits per heavy atom. The van der Waals surface area contributed by atoms with Crippen LogP contribution in [0.15, 0.2) is 0 Å². The number of aliphatic hydroxyl groups is 1. The molecule has 6 rings (SSSR count). The fourth-order valence-corrected chi connectivity index (χ4v) is 6.53. The molecule has 7 nitrogen and oxygen atoms in total. The van der Waals surface area contributed by atoms with Gasteiger partial charge in [-0.1, -0.05) is 13.8 Å². The number of ether oxygens (including phenoxy) is 4. The molecule has 0 aromatic carbocycles. The summed E-state index contributed by atoms with van der Waals surface area (Å²) < 4.78 is 22.3. The lowest BCUT2D eigenvalue weighted by molar-refractivity contribution is -0.226. The van der Waals surface area contributed by atoms with Crippen LogP contribution in [0.5, 0.6) is 0 Å². The summed E-state index contributed by atoms with van der Waals surface area (Å²) in [7, 11) is 0. The second kappa shape index (κ2) is 6.17. The number of carbonyl (C=O) groups excluding carboxylic acids is 2. The highest BCUT2D eigenvalue weighted by Gasteiger charge is 2.69. The summed E-state index contributed by atoms with van der Waals surface area (Å²) >= 11 is 0. The van der Waals surface area contributed by atoms with Gasteiger partial charge in [0.1, 0.15) is 24.4 Å². The number of esters is 2. The zero-order chi connectivity index (χ0) is 20.5. The Balaban J connectivity index is 1.33. The van der Waals surface area contributed by atoms with E-state index in [0.717, 1.165) is 12.8 Å². The first-order valence-electron chi connectivity index (χ1n) is 11.0. The van der Waals surface area contributed by atoms with E-state index in [1.807, 2.05) is 13.8 Å². The summed E-state index contributed by atoms with van der Waals surface area (Å²) in [4.78, 5) is 26.4. The zero-order valence-electron chi connectivity index (χ0n) is 17.5. The van der Waals surface area contributed by atoms with Gasteiger partial charge in [-0.2, -0.15) is 0 Å². The molecular weight excluding hydrogens is 376 g/mol. The highest BCUT2D eigenvalue weighted by Crippen LogP contribution is 2.67. The van der Waals surface area contributed by atoms with E-state index >= 15 is 0 Å². The monoisotopic (exact) mass is 408 g/mol. The molecule has 0 spiro atoms. The molecule has 4 atom stereocenters. The van der Waals surface area contributed by atoms with Crippen LogP contribution in [0.1, 0.15) is 65.2 Å². The average molecular weight is 408 g/mol. The van der Waals surface area contributed by atoms with Crippen molar-refractivity contribution in [2.75, 3.05) is 26.4 Å². The zero-order valence-corrected chi connectivity index (χ0v) is 17.5. The number of hydrogen-bond acceptors (Lipinski definition) is 7. The highest BCUT2D eigenvalue weighted by atomic mass is 16.6. The van der Waals surface area contributed by atoms with E-state index in [4.69, 9.17) is 18.9 Å². The molecule has 4 unspecified atom stereocenters. The molecule has 29 heavy (non-hydrogen) atoms. The second-order valence-electron chi connectivity index (χ2n) is 10.6. The maximum atomic E-state index is 13.2. The summed E-state index contributed by atoms with van der Waals surface area (Å²) in [6.07, 6.45) is 4.81. The van der Waals surface area contributed by atoms with Crippen LogP contribution in [0.25, 0.3) is 0 Å². The summed E-state index contributed by atoms with van der Waals surface area (Å²) in [5.41, 5.74) is -3.24. The van der Waals surface area contributed by atoms with Crippen molar-refractivity contribution in [1.29, 1.82) is 0 Å². The lowest BCUT2D eigenvalue weighted by atomic mass is 9.42. The predicted octanol–water partition coefficient (Wildman–Crippen LogP) is 2.13. The van der Waals surface area contributed by atoms with E-state index in [9.17, 15) is 14.7 Å². The minimum Gasteiger partial charge on any atom is -0.462 e. The van der Waals surface area contributed by atoms with Gasteiger partial charge >= 0.3 is 11.9 Å². The molecule has 0 aromatic heterocycles. The van der Waals surface area contributed by atoms with Crippen molar-refractivity contribution in [1.82, 2.24) is 0 Å². The molecular formula is C22H32O7. The average Bonchev–Trinajstić information content (AvgIpc) is 3.58. The smallest absolute Gasteiger partial charge is 0.312 e. The third kappa shape index (κ3) is 3.20. The first-order chi connectivity index (χ1) is 13.7. The van der Waals surface area contributed by atoms with Gasteiger partial charge in [-0.15, -0.1) is 0 Å². The quantitative estimate of drug-likeness (QED) is 0.485. The molecule has 4 saturated carbocycles. The molecule has 6 aliphatic rings. The topological polar surface area (TPSA) is 97.9 Å². The van der Waals surface area contributed by atoms with Crippen LogP contribution in [0.2, 0.25) is 0 Å². The maximum absolute atomic E-state index is 13.2. The fraction of sp³-hybridized carbons (Fsp3) is 0.909. The lowest BCUT2D eigenvalue weighted by Crippen LogP contribution is -2.64. The van der Waals surface area contributed by atoms with Gasteiger partial charge in [0, 0.05) is 0 Å². The molecule has 4 bridgehead atoms. The van der Waals surface area contributed by atoms with E-state index in [-0.39, 0.29) is 42.3 Å². The molecule has 2 heterocycles. The molecule has 0 aromatic rings. The Hall–Kier alpha value is -1.18. The summed E-state index contributed by atoms with van der Waals surface area (Å²) in [6, 6.07) is 0. The van der Waals surface area contributed by atoms with Crippen molar-refractivity contribution in [2.45, 2.75) is 82.0 Å². The van der Waals surface area contributed by atoms with Crippen LogP contribution in [0, 0.1) is 16.7 Å². The minimum atomic E-state index is -0.992. The molecule has 4 aliphatic carbocycles. The molecule has 2 aliphatic heterocycles. The van der Waals surface area contributed by atoms with Crippen molar-refractivity contribution >= 4 is 11.9 Å². The van der Waals surface area contributed by atoms with Crippen LogP contribution in [-0.2, 0) is 28.5 Å². The number of carbonyl (C=O) groups is 2. The van der Waals surface area contributed by atoms with Crippen molar-refractivity contribution < 1.29 is 33.6 Å². The van der Waals surface area contributed by atoms with Crippen molar-refractivity contribution in [3.8, 4) is 0 Å². The maximum Gasteiger partial charge on any atom is 0.312 e. The molecule has 0 radical (unpaired) electrons. The van der Waals surface area contributed by atoms with E-state index in [1.54, 1.807) is 0 Å². The molecule has 0 amide bonds. The Bertz CT molecular complexity index is 671. The Morgan fingerprint density at radius 2 is 1.31 bits per heavy atom. The van der Waals surface area contributed by atoms with Crippen molar-refractivity contribution in [3.05, 3.63) is 0 Å². The van der Waals surface area contributed by atoms with E-state index in [1.165, 1.54) is 0 Å². The Labute approximate surface area is 171 Å². The van der Waals surface area contributed by atoms with E-state index in [2.05, 4.69) is 0 Å². The Morgan fingerprint density at radius 1 is 0.862 bits per heavy atom. The van der Waals surface area contributed by atoms with Crippen LogP contribution >= 0.6 is 0 Å². The summed E-state index contributed by atoms with van der Waals surface area (Å²) in [5.74, 6) is -0.418. The summed E-state index contributed by atoms with van der Waals surface area (Å²) in [5, 5.41) is 11.2. The first-order valence-corrected chi connectivity index (χ1v) is 11.0. The van der Waals surface area contributed by atoms with Gasteiger partial charge in [-0.3, -0.25) is 9.59 Å². The molecule has 1 N–H and O–H groups in total. The van der Waals surface area contributed by atoms with Crippen LogP contribution in [0.4, 0.5) is 0 Å². The van der Waals surface area contributed by atoms with Crippen LogP contribution < -0.4 is 0 Å². The predicted molar refractivity (Wildman–Crippen MR) is 101 cm³/mol. The second-order valence-corrected chi connectivity index (χ2v) is 10.6. The number of epoxide rings is 2. The molecule has 6 fully saturated rings. The number of rotatable bonds is 8. The van der Waals surface area contributed by atoms with Gasteiger partial charge in [0.15, 0.2) is 0 Å². The van der Waals surface area contributed by atoms with Gasteiger partial charge in [-0.05, 0) is 57.3 Å². The minimum absolute atomic E-state index is 0.144. The van der Waals surface area contributed by atoms with Gasteiger partial charge in [0.25, 0.3) is 0 Å². The fourth-order valence-electron chi connectivity index (χ4n) is 6.53. The van der Waals surface area contributed by atoms with Gasteiger partial charge in [-0.25, -0.2) is 0 Å². The largest absolute Gasteiger partial charge is 0.462 e. The van der Waals surface area contributed by atoms with Crippen LogP contribution in [0.3, 0.4) is 0 Å². The molecule has 162 valence electrons. The van der Waals surface area contributed by atoms with Crippen molar-refractivity contribution in [3.63, 3.8) is 0 Å². The van der Waals surface area contributed by atoms with Gasteiger partial charge in [0.05, 0.1) is 29.6 Å². The number of hydrogen-bond donors (Lipinski definition) is 1. The third-order valence-corrected chi connectivity index (χ3v) is 8.23. The normalized spacial score (nSPS) is 49.0. The third-order valence-electron chi connectivity index (χ3n) is 8.23. The molecule has 7 heteroatoms. The lowest BCUT2D eigenvalue weighted by Gasteiger charge is -2.62. The SMILES string of the molecule is CCC1(COC(=O)C23CC4CC(O)(C2)CC(C(=O)OCC2(CC)CO2)(C4)C3)CO1. The van der Waals surface area contributed by atoms with Crippen molar-refractivity contribution in [2.24, 2.45) is 16.7 Å². The van der Waals surface area contributed by atoms with Gasteiger partial charge in [0.2, 0.25) is 0 Å². The van der Waals surface area contributed by atoms with Crippen LogP contribution in [-0.4, -0.2) is 60.3 Å². The van der Waals surface area contributed by atoms with E-state index < -0.39 is 16.4 Å². The molecule has 2 saturated heterocycles. The standard InChI is InChI=1S/C22H32O7/c1-3-21(13-28-21)11-26-16(23)18-5-15-6-19(8-18,10-20(25,7-15)9-18)17(24)27-12-22(4-2)14-29-22/h15,25H,3-14H2,1-2H3. The summed E-state index contributed by atoms with van der Waals surface area (Å²) in [6.45, 7) is 5.78. The first kappa shape index (κ1) is 19.8. The highest BCUT2D eigenvalue weighted by molar-refractivity contribution is 5.83. The van der Waals surface area contributed by atoms with E-state index in [0.29, 0.717) is 51.7 Å².